The van der Waals surface area contributed by atoms with Gasteiger partial charge in [0, 0.05) is 27.3 Å². The van der Waals surface area contributed by atoms with Crippen LogP contribution in [0, 0.1) is 0 Å². The fourth-order valence-corrected chi connectivity index (χ4v) is 2.18. The van der Waals surface area contributed by atoms with Crippen molar-refractivity contribution in [3.63, 3.8) is 0 Å². The maximum atomic E-state index is 11.6. The van der Waals surface area contributed by atoms with Crippen LogP contribution in [0.2, 0.25) is 0 Å². The summed E-state index contributed by atoms with van der Waals surface area (Å²) in [6.45, 7) is 3.66. The number of methoxy groups -OCH3 is 2. The van der Waals surface area contributed by atoms with Crippen molar-refractivity contribution in [1.82, 2.24) is 5.32 Å². The maximum Gasteiger partial charge on any atom is 0.156 e. The van der Waals surface area contributed by atoms with Crippen LogP contribution < -0.4 is 5.32 Å². The van der Waals surface area contributed by atoms with E-state index in [1.807, 2.05) is 0 Å². The van der Waals surface area contributed by atoms with E-state index in [4.69, 9.17) is 9.47 Å². The van der Waals surface area contributed by atoms with Crippen LogP contribution >= 0.6 is 0 Å². The molecule has 1 N–H and O–H groups in total. The standard InChI is InChI=1S/C9H21NO4S/c1-9(8-10-4-5-13-2)15(11,12)7-6-14-3/h9-10H,4-8H2,1-3H3. The van der Waals surface area contributed by atoms with Crippen molar-refractivity contribution >= 4 is 9.84 Å². The second-order valence-corrected chi connectivity index (χ2v) is 5.91. The van der Waals surface area contributed by atoms with Crippen LogP contribution in [-0.2, 0) is 19.3 Å². The summed E-state index contributed by atoms with van der Waals surface area (Å²) in [6, 6.07) is 0. The molecule has 0 spiro atoms. The Morgan fingerprint density at radius 2 is 1.80 bits per heavy atom. The summed E-state index contributed by atoms with van der Waals surface area (Å²) >= 11 is 0. The summed E-state index contributed by atoms with van der Waals surface area (Å²) in [7, 11) is 0.0707. The van der Waals surface area contributed by atoms with Gasteiger partial charge in [-0.25, -0.2) is 8.42 Å². The average Bonchev–Trinajstić information content (AvgIpc) is 2.21. The van der Waals surface area contributed by atoms with Crippen molar-refractivity contribution in [3.8, 4) is 0 Å². The smallest absolute Gasteiger partial charge is 0.156 e. The molecule has 0 aromatic heterocycles. The minimum Gasteiger partial charge on any atom is -0.384 e. The van der Waals surface area contributed by atoms with E-state index in [1.165, 1.54) is 7.11 Å². The number of rotatable bonds is 9. The zero-order chi connectivity index (χ0) is 11.7. The monoisotopic (exact) mass is 239 g/mol. The van der Waals surface area contributed by atoms with Crippen LogP contribution in [0.5, 0.6) is 0 Å². The molecule has 0 aliphatic carbocycles. The molecule has 0 amide bonds. The topological polar surface area (TPSA) is 64.6 Å². The van der Waals surface area contributed by atoms with Crippen LogP contribution in [0.3, 0.4) is 0 Å². The molecule has 5 nitrogen and oxygen atoms in total. The molecule has 0 aromatic carbocycles. The molecule has 0 radical (unpaired) electrons. The van der Waals surface area contributed by atoms with E-state index in [0.29, 0.717) is 19.7 Å². The predicted molar refractivity (Wildman–Crippen MR) is 59.9 cm³/mol. The van der Waals surface area contributed by atoms with Gasteiger partial charge in [0.05, 0.1) is 24.2 Å². The maximum absolute atomic E-state index is 11.6. The summed E-state index contributed by atoms with van der Waals surface area (Å²) in [6.07, 6.45) is 0. The number of ether oxygens (including phenoxy) is 2. The van der Waals surface area contributed by atoms with E-state index in [0.717, 1.165) is 0 Å². The molecule has 0 bridgehead atoms. The molecule has 0 saturated heterocycles. The minimum atomic E-state index is -3.04. The van der Waals surface area contributed by atoms with Gasteiger partial charge in [-0.05, 0) is 6.92 Å². The zero-order valence-electron chi connectivity index (χ0n) is 9.65. The summed E-state index contributed by atoms with van der Waals surface area (Å²) in [5, 5.41) is 2.64. The second kappa shape index (κ2) is 8.04. The Balaban J connectivity index is 3.81. The van der Waals surface area contributed by atoms with E-state index < -0.39 is 9.84 Å². The molecular formula is C9H21NO4S. The normalized spacial score (nSPS) is 14.1. The fraction of sp³-hybridized carbons (Fsp3) is 1.00. The van der Waals surface area contributed by atoms with Crippen LogP contribution in [0.15, 0.2) is 0 Å². The van der Waals surface area contributed by atoms with E-state index in [1.54, 1.807) is 14.0 Å². The van der Waals surface area contributed by atoms with Crippen molar-refractivity contribution in [2.75, 3.05) is 46.3 Å². The fourth-order valence-electron chi connectivity index (χ4n) is 1.01. The van der Waals surface area contributed by atoms with Gasteiger partial charge in [0.2, 0.25) is 0 Å². The van der Waals surface area contributed by atoms with Gasteiger partial charge >= 0.3 is 0 Å². The second-order valence-electron chi connectivity index (χ2n) is 3.37. The lowest BCUT2D eigenvalue weighted by Gasteiger charge is -2.13. The van der Waals surface area contributed by atoms with Gasteiger partial charge in [-0.1, -0.05) is 0 Å². The predicted octanol–water partition coefficient (Wildman–Crippen LogP) is -0.328. The first-order valence-corrected chi connectivity index (χ1v) is 6.66. The van der Waals surface area contributed by atoms with Gasteiger partial charge < -0.3 is 14.8 Å². The Labute approximate surface area is 92.1 Å². The molecule has 0 aliphatic rings. The quantitative estimate of drug-likeness (QED) is 0.558. The van der Waals surface area contributed by atoms with Crippen molar-refractivity contribution in [2.24, 2.45) is 0 Å². The van der Waals surface area contributed by atoms with Crippen LogP contribution in [-0.4, -0.2) is 59.9 Å². The summed E-state index contributed by atoms with van der Waals surface area (Å²) in [5.74, 6) is 0.0800. The van der Waals surface area contributed by atoms with E-state index in [9.17, 15) is 8.42 Å². The van der Waals surface area contributed by atoms with Gasteiger partial charge in [0.25, 0.3) is 0 Å². The number of sulfone groups is 1. The van der Waals surface area contributed by atoms with Crippen LogP contribution in [0.25, 0.3) is 0 Å². The third-order valence-electron chi connectivity index (χ3n) is 2.10. The van der Waals surface area contributed by atoms with E-state index >= 15 is 0 Å². The molecule has 0 aliphatic heterocycles. The lowest BCUT2D eigenvalue weighted by Crippen LogP contribution is -2.34. The average molecular weight is 239 g/mol. The Morgan fingerprint density at radius 1 is 1.20 bits per heavy atom. The molecule has 15 heavy (non-hydrogen) atoms. The first-order chi connectivity index (χ1) is 7.04. The van der Waals surface area contributed by atoms with E-state index in [2.05, 4.69) is 5.32 Å². The molecule has 6 heteroatoms. The molecule has 92 valence electrons. The largest absolute Gasteiger partial charge is 0.384 e. The number of hydrogen-bond acceptors (Lipinski definition) is 5. The molecule has 1 unspecified atom stereocenters. The Bertz CT molecular complexity index is 240. The SMILES string of the molecule is COCCNCC(C)S(=O)(=O)CCOC. The van der Waals surface area contributed by atoms with Crippen LogP contribution in [0.4, 0.5) is 0 Å². The van der Waals surface area contributed by atoms with Gasteiger partial charge in [0.15, 0.2) is 9.84 Å². The third kappa shape index (κ3) is 6.83. The first kappa shape index (κ1) is 14.8. The third-order valence-corrected chi connectivity index (χ3v) is 4.23. The van der Waals surface area contributed by atoms with Crippen molar-refractivity contribution in [3.05, 3.63) is 0 Å². The highest BCUT2D eigenvalue weighted by Crippen LogP contribution is 2.00. The molecule has 0 fully saturated rings. The minimum absolute atomic E-state index is 0.0800. The molecule has 1 atom stereocenters. The molecule has 0 rings (SSSR count). The molecule has 0 heterocycles. The Morgan fingerprint density at radius 3 is 2.33 bits per heavy atom. The molecular weight excluding hydrogens is 218 g/mol. The highest BCUT2D eigenvalue weighted by molar-refractivity contribution is 7.92. The number of nitrogens with one attached hydrogen (secondary N) is 1. The summed E-state index contributed by atoms with van der Waals surface area (Å²) < 4.78 is 32.8. The van der Waals surface area contributed by atoms with E-state index in [-0.39, 0.29) is 17.6 Å². The zero-order valence-corrected chi connectivity index (χ0v) is 10.5. The lowest BCUT2D eigenvalue weighted by molar-refractivity contribution is 0.199. The van der Waals surface area contributed by atoms with Gasteiger partial charge in [-0.2, -0.15) is 0 Å². The molecule has 0 saturated carbocycles. The van der Waals surface area contributed by atoms with Crippen molar-refractivity contribution < 1.29 is 17.9 Å². The molecule has 0 aromatic rings. The van der Waals surface area contributed by atoms with Gasteiger partial charge in [-0.3, -0.25) is 0 Å². The summed E-state index contributed by atoms with van der Waals surface area (Å²) in [4.78, 5) is 0. The van der Waals surface area contributed by atoms with Crippen molar-refractivity contribution in [1.29, 1.82) is 0 Å². The van der Waals surface area contributed by atoms with Crippen LogP contribution in [0.1, 0.15) is 6.92 Å². The first-order valence-electron chi connectivity index (χ1n) is 4.94. The van der Waals surface area contributed by atoms with Gasteiger partial charge in [-0.15, -0.1) is 0 Å². The highest BCUT2D eigenvalue weighted by Gasteiger charge is 2.19. The van der Waals surface area contributed by atoms with Gasteiger partial charge in [0.1, 0.15) is 0 Å². The summed E-state index contributed by atoms with van der Waals surface area (Å²) in [5.41, 5.74) is 0. The Hall–Kier alpha value is -0.170. The lowest BCUT2D eigenvalue weighted by atomic mass is 10.4. The number of hydrogen-bond donors (Lipinski definition) is 1. The Kier molecular flexibility index (Phi) is 7.95. The highest BCUT2D eigenvalue weighted by atomic mass is 32.2. The van der Waals surface area contributed by atoms with Crippen molar-refractivity contribution in [2.45, 2.75) is 12.2 Å².